The van der Waals surface area contributed by atoms with Crippen LogP contribution in [-0.2, 0) is 21.3 Å². The van der Waals surface area contributed by atoms with Crippen LogP contribution in [0.2, 0.25) is 0 Å². The molecule has 1 aliphatic heterocycles. The van der Waals surface area contributed by atoms with Crippen molar-refractivity contribution in [3.8, 4) is 5.69 Å². The lowest BCUT2D eigenvalue weighted by molar-refractivity contribution is 0.0730. The molecule has 5 rings (SSSR count). The predicted molar refractivity (Wildman–Crippen MR) is 136 cm³/mol. The fraction of sp³-hybridized carbons (Fsp3) is 0.333. The van der Waals surface area contributed by atoms with Crippen molar-refractivity contribution in [2.75, 3.05) is 26.3 Å². The first-order valence-corrected chi connectivity index (χ1v) is 13.4. The Balaban J connectivity index is 1.36. The summed E-state index contributed by atoms with van der Waals surface area (Å²) in [6.45, 7) is 8.50. The van der Waals surface area contributed by atoms with Gasteiger partial charge in [0.25, 0.3) is 0 Å². The third kappa shape index (κ3) is 4.67. The quantitative estimate of drug-likeness (QED) is 0.403. The first kappa shape index (κ1) is 23.8. The summed E-state index contributed by atoms with van der Waals surface area (Å²) in [6, 6.07) is 19.5. The zero-order valence-electron chi connectivity index (χ0n) is 20.3. The molecule has 184 valence electrons. The smallest absolute Gasteiger partial charge is 0.243 e. The van der Waals surface area contributed by atoms with E-state index in [9.17, 15) is 8.42 Å². The highest BCUT2D eigenvalue weighted by Crippen LogP contribution is 2.27. The van der Waals surface area contributed by atoms with Gasteiger partial charge in [0.1, 0.15) is 11.3 Å². The molecule has 1 saturated heterocycles. The van der Waals surface area contributed by atoms with E-state index in [1.165, 1.54) is 4.31 Å². The summed E-state index contributed by atoms with van der Waals surface area (Å²) < 4.78 is 41.3. The van der Waals surface area contributed by atoms with Crippen LogP contribution in [0.1, 0.15) is 35.7 Å². The molecule has 1 atom stereocenters. The molecule has 7 nitrogen and oxygen atoms in total. The Morgan fingerprint density at radius 3 is 2.54 bits per heavy atom. The molecule has 1 N–H and O–H groups in total. The van der Waals surface area contributed by atoms with E-state index in [1.54, 1.807) is 12.1 Å². The summed E-state index contributed by atoms with van der Waals surface area (Å²) in [5.41, 5.74) is 5.02. The Morgan fingerprint density at radius 2 is 1.77 bits per heavy atom. The number of benzene rings is 2. The number of hydrogen-bond donors (Lipinski definition) is 1. The van der Waals surface area contributed by atoms with Crippen molar-refractivity contribution in [3.63, 3.8) is 0 Å². The average molecular weight is 494 g/mol. The Labute approximate surface area is 206 Å². The van der Waals surface area contributed by atoms with Crippen LogP contribution in [0.3, 0.4) is 0 Å². The summed E-state index contributed by atoms with van der Waals surface area (Å²) in [5, 5.41) is 4.66. The maximum Gasteiger partial charge on any atom is 0.243 e. The number of nitrogens with zero attached hydrogens (tertiary/aromatic N) is 2. The minimum Gasteiger partial charge on any atom is -0.459 e. The number of hydrogen-bond acceptors (Lipinski definition) is 5. The van der Waals surface area contributed by atoms with E-state index in [0.717, 1.165) is 39.4 Å². The van der Waals surface area contributed by atoms with Gasteiger partial charge in [-0.15, -0.1) is 0 Å². The molecule has 8 heteroatoms. The summed E-state index contributed by atoms with van der Waals surface area (Å²) in [4.78, 5) is 0.308. The van der Waals surface area contributed by atoms with Crippen molar-refractivity contribution in [1.82, 2.24) is 14.2 Å². The molecule has 3 heterocycles. The Morgan fingerprint density at radius 1 is 1.00 bits per heavy atom. The van der Waals surface area contributed by atoms with Crippen LogP contribution in [0.25, 0.3) is 16.7 Å². The topological polar surface area (TPSA) is 76.7 Å². The van der Waals surface area contributed by atoms with Crippen LogP contribution in [0.5, 0.6) is 0 Å². The molecular weight excluding hydrogens is 462 g/mol. The Bertz CT molecular complexity index is 1420. The fourth-order valence-electron chi connectivity index (χ4n) is 4.70. The predicted octanol–water partition coefficient (Wildman–Crippen LogP) is 4.71. The van der Waals surface area contributed by atoms with Crippen molar-refractivity contribution < 1.29 is 17.6 Å². The van der Waals surface area contributed by atoms with Crippen molar-refractivity contribution in [2.45, 2.75) is 38.3 Å². The first-order chi connectivity index (χ1) is 16.8. The minimum atomic E-state index is -3.56. The lowest BCUT2D eigenvalue weighted by atomic mass is 10.2. The van der Waals surface area contributed by atoms with Crippen LogP contribution in [-0.4, -0.2) is 43.6 Å². The maximum absolute atomic E-state index is 13.2. The van der Waals surface area contributed by atoms with Crippen molar-refractivity contribution >= 4 is 21.0 Å². The second-order valence-electron chi connectivity index (χ2n) is 9.03. The standard InChI is InChI=1S/C27H31N3O4S/c1-19-15-23(18-28-20(2)27-16-22-7-4-5-10-26(22)34-27)21(3)30(19)24-8-6-9-25(17-24)35(31,32)29-11-13-33-14-12-29/h4-10,15-17,20,28H,11-14,18H2,1-3H3. The fourth-order valence-corrected chi connectivity index (χ4v) is 6.15. The molecule has 0 saturated carbocycles. The van der Waals surface area contributed by atoms with Gasteiger partial charge >= 0.3 is 0 Å². The van der Waals surface area contributed by atoms with E-state index in [0.29, 0.717) is 37.7 Å². The minimum absolute atomic E-state index is 0.0486. The molecule has 2 aromatic heterocycles. The number of morpholine rings is 1. The van der Waals surface area contributed by atoms with Gasteiger partial charge in [0.05, 0.1) is 24.2 Å². The molecule has 35 heavy (non-hydrogen) atoms. The zero-order valence-corrected chi connectivity index (χ0v) is 21.1. The zero-order chi connectivity index (χ0) is 24.6. The Hall–Kier alpha value is -2.91. The number of aromatic nitrogens is 1. The van der Waals surface area contributed by atoms with Gasteiger partial charge in [-0.1, -0.05) is 24.3 Å². The number of fused-ring (bicyclic) bond motifs is 1. The maximum atomic E-state index is 13.2. The SMILES string of the molecule is Cc1cc(CNC(C)c2cc3ccccc3o2)c(C)n1-c1cccc(S(=O)(=O)N2CCOCC2)c1. The van der Waals surface area contributed by atoms with Gasteiger partial charge in [-0.2, -0.15) is 4.31 Å². The van der Waals surface area contributed by atoms with Gasteiger partial charge in [0.15, 0.2) is 0 Å². The third-order valence-corrected chi connectivity index (χ3v) is 8.58. The van der Waals surface area contributed by atoms with Crippen molar-refractivity contribution in [3.05, 3.63) is 83.4 Å². The molecule has 1 aliphatic rings. The summed E-state index contributed by atoms with van der Waals surface area (Å²) in [5.74, 6) is 0.904. The van der Waals surface area contributed by atoms with Gasteiger partial charge in [0.2, 0.25) is 10.0 Å². The van der Waals surface area contributed by atoms with E-state index in [1.807, 2.05) is 37.3 Å². The highest BCUT2D eigenvalue weighted by atomic mass is 32.2. The van der Waals surface area contributed by atoms with E-state index in [2.05, 4.69) is 41.9 Å². The van der Waals surface area contributed by atoms with Gasteiger partial charge < -0.3 is 19.0 Å². The number of nitrogens with one attached hydrogen (secondary N) is 1. The van der Waals surface area contributed by atoms with E-state index in [-0.39, 0.29) is 6.04 Å². The molecule has 0 radical (unpaired) electrons. The van der Waals surface area contributed by atoms with Crippen LogP contribution >= 0.6 is 0 Å². The first-order valence-electron chi connectivity index (χ1n) is 11.9. The van der Waals surface area contributed by atoms with Crippen LogP contribution in [0, 0.1) is 13.8 Å². The second-order valence-corrected chi connectivity index (χ2v) is 11.0. The molecular formula is C27H31N3O4S. The Kier molecular flexibility index (Phi) is 6.55. The largest absolute Gasteiger partial charge is 0.459 e. The lowest BCUT2D eigenvalue weighted by Gasteiger charge is -2.26. The molecule has 1 unspecified atom stereocenters. The van der Waals surface area contributed by atoms with E-state index >= 15 is 0 Å². The van der Waals surface area contributed by atoms with Gasteiger partial charge in [-0.05, 0) is 62.7 Å². The molecule has 2 aromatic carbocycles. The summed E-state index contributed by atoms with van der Waals surface area (Å²) in [7, 11) is -3.56. The highest BCUT2D eigenvalue weighted by Gasteiger charge is 2.27. The summed E-state index contributed by atoms with van der Waals surface area (Å²) in [6.07, 6.45) is 0. The molecule has 0 spiro atoms. The number of rotatable bonds is 7. The number of ether oxygens (including phenoxy) is 1. The number of sulfonamides is 1. The monoisotopic (exact) mass is 493 g/mol. The van der Waals surface area contributed by atoms with Crippen LogP contribution in [0.15, 0.2) is 70.0 Å². The van der Waals surface area contributed by atoms with Gasteiger partial charge in [0, 0.05) is 42.1 Å². The molecule has 0 aliphatic carbocycles. The lowest BCUT2D eigenvalue weighted by Crippen LogP contribution is -2.40. The number of aryl methyl sites for hydroxylation is 1. The number of furan rings is 1. The van der Waals surface area contributed by atoms with Crippen LogP contribution in [0.4, 0.5) is 0 Å². The van der Waals surface area contributed by atoms with Gasteiger partial charge in [-0.3, -0.25) is 0 Å². The second kappa shape index (κ2) is 9.62. The highest BCUT2D eigenvalue weighted by molar-refractivity contribution is 7.89. The van der Waals surface area contributed by atoms with Crippen molar-refractivity contribution in [1.29, 1.82) is 0 Å². The summed E-state index contributed by atoms with van der Waals surface area (Å²) >= 11 is 0. The molecule has 4 aromatic rings. The van der Waals surface area contributed by atoms with Crippen molar-refractivity contribution in [2.24, 2.45) is 0 Å². The third-order valence-electron chi connectivity index (χ3n) is 6.69. The normalized spacial score (nSPS) is 16.1. The van der Waals surface area contributed by atoms with E-state index < -0.39 is 10.0 Å². The molecule has 1 fully saturated rings. The van der Waals surface area contributed by atoms with E-state index in [4.69, 9.17) is 9.15 Å². The molecule has 0 amide bonds. The van der Waals surface area contributed by atoms with Crippen LogP contribution < -0.4 is 5.32 Å². The molecule has 0 bridgehead atoms. The van der Waals surface area contributed by atoms with Gasteiger partial charge in [-0.25, -0.2) is 8.42 Å². The average Bonchev–Trinajstić information content (AvgIpc) is 3.43. The number of para-hydroxylation sites is 1.